The highest BCUT2D eigenvalue weighted by atomic mass is 35.7. The van der Waals surface area contributed by atoms with Gasteiger partial charge in [0.25, 0.3) is 9.05 Å². The van der Waals surface area contributed by atoms with Crippen molar-refractivity contribution in [2.45, 2.75) is 17.2 Å². The Morgan fingerprint density at radius 3 is 2.38 bits per heavy atom. The van der Waals surface area contributed by atoms with Gasteiger partial charge in [0, 0.05) is 16.4 Å². The Kier molecular flexibility index (Phi) is 5.05. The van der Waals surface area contributed by atoms with Crippen LogP contribution in [0.25, 0.3) is 0 Å². The van der Waals surface area contributed by atoms with Gasteiger partial charge in [-0.25, -0.2) is 17.2 Å². The van der Waals surface area contributed by atoms with Crippen molar-refractivity contribution in [3.8, 4) is 5.75 Å². The molecule has 0 unspecified atom stereocenters. The fourth-order valence-electron chi connectivity index (χ4n) is 1.26. The van der Waals surface area contributed by atoms with E-state index in [0.29, 0.717) is 6.07 Å². The van der Waals surface area contributed by atoms with Gasteiger partial charge in [0.05, 0.1) is 7.11 Å². The first-order chi connectivity index (χ1) is 9.50. The van der Waals surface area contributed by atoms with Crippen LogP contribution in [0.1, 0.15) is 0 Å². The lowest BCUT2D eigenvalue weighted by Gasteiger charge is -2.15. The normalized spacial score (nSPS) is 12.3. The molecule has 1 aromatic rings. The number of benzene rings is 1. The largest absolute Gasteiger partial charge is 0.495 e. The third-order valence-electron chi connectivity index (χ3n) is 2.26. The van der Waals surface area contributed by atoms with E-state index in [4.69, 9.17) is 15.4 Å². The number of amides is 1. The zero-order valence-corrected chi connectivity index (χ0v) is 11.8. The molecular formula is C10H8ClF4NO4S. The van der Waals surface area contributed by atoms with Crippen molar-refractivity contribution in [2.24, 2.45) is 0 Å². The maximum Gasteiger partial charge on any atom is 0.383 e. The molecule has 0 aliphatic heterocycles. The molecular weight excluding hydrogens is 342 g/mol. The maximum absolute atomic E-state index is 12.8. The Morgan fingerprint density at radius 2 is 1.95 bits per heavy atom. The van der Waals surface area contributed by atoms with Crippen LogP contribution in [0.2, 0.25) is 0 Å². The SMILES string of the molecule is COc1ccc(NC(=O)C(F)(F)C(F)F)cc1S(=O)(=O)Cl. The van der Waals surface area contributed by atoms with E-state index in [-0.39, 0.29) is 5.75 Å². The number of nitrogens with one attached hydrogen (secondary N) is 1. The Morgan fingerprint density at radius 1 is 1.38 bits per heavy atom. The van der Waals surface area contributed by atoms with Gasteiger partial charge in [-0.15, -0.1) is 0 Å². The van der Waals surface area contributed by atoms with Crippen LogP contribution in [0.4, 0.5) is 23.2 Å². The van der Waals surface area contributed by atoms with Crippen LogP contribution in [0, 0.1) is 0 Å². The minimum absolute atomic E-state index is 0.205. The van der Waals surface area contributed by atoms with Crippen LogP contribution in [0.15, 0.2) is 23.1 Å². The third kappa shape index (κ3) is 3.97. The summed E-state index contributed by atoms with van der Waals surface area (Å²) in [6, 6.07) is 2.72. The van der Waals surface area contributed by atoms with Crippen LogP contribution in [0.5, 0.6) is 5.75 Å². The van der Waals surface area contributed by atoms with Gasteiger partial charge < -0.3 is 10.1 Å². The van der Waals surface area contributed by atoms with Gasteiger partial charge in [0.1, 0.15) is 10.6 Å². The summed E-state index contributed by atoms with van der Waals surface area (Å²) in [7, 11) is 1.94. The predicted octanol–water partition coefficient (Wildman–Crippen LogP) is 2.46. The molecule has 21 heavy (non-hydrogen) atoms. The number of ether oxygens (including phenoxy) is 1. The molecule has 118 valence electrons. The highest BCUT2D eigenvalue weighted by Gasteiger charge is 2.49. The van der Waals surface area contributed by atoms with E-state index < -0.39 is 37.9 Å². The first-order valence-electron chi connectivity index (χ1n) is 5.10. The number of hydrogen-bond donors (Lipinski definition) is 1. The monoisotopic (exact) mass is 349 g/mol. The van der Waals surface area contributed by atoms with E-state index in [1.54, 1.807) is 0 Å². The maximum atomic E-state index is 12.8. The van der Waals surface area contributed by atoms with E-state index >= 15 is 0 Å². The van der Waals surface area contributed by atoms with Crippen molar-refractivity contribution in [1.82, 2.24) is 0 Å². The molecule has 0 spiro atoms. The Labute approximate surface area is 121 Å². The van der Waals surface area contributed by atoms with Crippen molar-refractivity contribution in [1.29, 1.82) is 0 Å². The molecule has 0 aliphatic carbocycles. The minimum atomic E-state index is -4.92. The molecule has 1 aromatic carbocycles. The zero-order chi connectivity index (χ0) is 16.4. The van der Waals surface area contributed by atoms with Crippen molar-refractivity contribution in [3.05, 3.63) is 18.2 Å². The average Bonchev–Trinajstić information content (AvgIpc) is 2.37. The summed E-state index contributed by atoms with van der Waals surface area (Å²) in [5.41, 5.74) is -0.458. The molecule has 0 aliphatic rings. The topological polar surface area (TPSA) is 72.5 Å². The van der Waals surface area contributed by atoms with Crippen molar-refractivity contribution < 1.29 is 35.5 Å². The van der Waals surface area contributed by atoms with Crippen molar-refractivity contribution >= 4 is 31.3 Å². The van der Waals surface area contributed by atoms with Crippen LogP contribution in [-0.4, -0.2) is 33.8 Å². The number of hydrogen-bond acceptors (Lipinski definition) is 4. The number of rotatable bonds is 5. The number of halogens is 5. The summed E-state index contributed by atoms with van der Waals surface area (Å²) in [6.45, 7) is 0. The second-order valence-corrected chi connectivity index (χ2v) is 6.22. The van der Waals surface area contributed by atoms with Crippen molar-refractivity contribution in [3.63, 3.8) is 0 Å². The van der Waals surface area contributed by atoms with E-state index in [1.165, 1.54) is 5.32 Å². The van der Waals surface area contributed by atoms with Gasteiger partial charge in [-0.05, 0) is 18.2 Å². The predicted molar refractivity (Wildman–Crippen MR) is 65.6 cm³/mol. The molecule has 1 N–H and O–H groups in total. The molecule has 5 nitrogen and oxygen atoms in total. The van der Waals surface area contributed by atoms with Gasteiger partial charge in [-0.3, -0.25) is 4.79 Å². The van der Waals surface area contributed by atoms with E-state index in [0.717, 1.165) is 19.2 Å². The van der Waals surface area contributed by atoms with Gasteiger partial charge in [-0.2, -0.15) is 8.78 Å². The van der Waals surface area contributed by atoms with Crippen LogP contribution < -0.4 is 10.1 Å². The number of anilines is 1. The van der Waals surface area contributed by atoms with Gasteiger partial charge >= 0.3 is 18.3 Å². The first-order valence-corrected chi connectivity index (χ1v) is 7.41. The summed E-state index contributed by atoms with van der Waals surface area (Å²) >= 11 is 0. The lowest BCUT2D eigenvalue weighted by Crippen LogP contribution is -2.41. The summed E-state index contributed by atoms with van der Waals surface area (Å²) in [4.78, 5) is 10.4. The van der Waals surface area contributed by atoms with E-state index in [9.17, 15) is 30.8 Å². The molecule has 0 bridgehead atoms. The summed E-state index contributed by atoms with van der Waals surface area (Å²) in [5.74, 6) is -7.40. The molecule has 0 heterocycles. The summed E-state index contributed by atoms with van der Waals surface area (Å²) in [5, 5.41) is 1.48. The lowest BCUT2D eigenvalue weighted by atomic mass is 10.2. The highest BCUT2D eigenvalue weighted by Crippen LogP contribution is 2.31. The molecule has 1 amide bonds. The average molecular weight is 350 g/mol. The smallest absolute Gasteiger partial charge is 0.383 e. The third-order valence-corrected chi connectivity index (χ3v) is 3.60. The summed E-state index contributed by atoms with van der Waals surface area (Å²) in [6.07, 6.45) is -4.20. The zero-order valence-electron chi connectivity index (χ0n) is 10.2. The van der Waals surface area contributed by atoms with Gasteiger partial charge in [0.2, 0.25) is 0 Å². The molecule has 1 rings (SSSR count). The fourth-order valence-corrected chi connectivity index (χ4v) is 2.28. The quantitative estimate of drug-likeness (QED) is 0.654. The molecule has 0 atom stereocenters. The fraction of sp³-hybridized carbons (Fsp3) is 0.300. The lowest BCUT2D eigenvalue weighted by molar-refractivity contribution is -0.163. The van der Waals surface area contributed by atoms with Crippen LogP contribution in [-0.2, 0) is 13.8 Å². The van der Waals surface area contributed by atoms with Crippen LogP contribution in [0.3, 0.4) is 0 Å². The standard InChI is InChI=1S/C10H8ClF4NO4S/c1-20-6-3-2-5(4-7(6)21(11,18)19)16-9(17)10(14,15)8(12)13/h2-4,8H,1H3,(H,16,17). The Hall–Kier alpha value is -1.55. The number of alkyl halides is 4. The molecule has 0 radical (unpaired) electrons. The van der Waals surface area contributed by atoms with E-state index in [2.05, 4.69) is 0 Å². The number of carbonyl (C=O) groups excluding carboxylic acids is 1. The Balaban J connectivity index is 3.15. The highest BCUT2D eigenvalue weighted by molar-refractivity contribution is 8.13. The molecule has 0 saturated carbocycles. The second-order valence-electron chi connectivity index (χ2n) is 3.68. The van der Waals surface area contributed by atoms with Crippen molar-refractivity contribution in [2.75, 3.05) is 12.4 Å². The molecule has 0 aromatic heterocycles. The van der Waals surface area contributed by atoms with Crippen LogP contribution >= 0.6 is 10.7 Å². The second kappa shape index (κ2) is 6.06. The number of methoxy groups -OCH3 is 1. The van der Waals surface area contributed by atoms with Gasteiger partial charge in [0.15, 0.2) is 0 Å². The summed E-state index contributed by atoms with van der Waals surface area (Å²) < 4.78 is 76.8. The number of carbonyl (C=O) groups is 1. The first kappa shape index (κ1) is 17.5. The molecule has 11 heteroatoms. The van der Waals surface area contributed by atoms with E-state index in [1.807, 2.05) is 0 Å². The minimum Gasteiger partial charge on any atom is -0.495 e. The molecule has 0 saturated heterocycles. The Bertz CT molecular complexity index is 650. The molecule has 0 fully saturated rings. The van der Waals surface area contributed by atoms with Gasteiger partial charge in [-0.1, -0.05) is 0 Å².